The van der Waals surface area contributed by atoms with Gasteiger partial charge in [-0.15, -0.1) is 0 Å². The molecule has 8 heteroatoms. The van der Waals surface area contributed by atoms with Gasteiger partial charge in [0.05, 0.1) is 5.92 Å². The van der Waals surface area contributed by atoms with Gasteiger partial charge in [0.1, 0.15) is 11.4 Å². The minimum Gasteiger partial charge on any atom is -0.423 e. The second-order valence-electron chi connectivity index (χ2n) is 6.26. The highest BCUT2D eigenvalue weighted by atomic mass is 16.5. The number of anilines is 1. The van der Waals surface area contributed by atoms with Crippen LogP contribution in [0, 0.1) is 0 Å². The van der Waals surface area contributed by atoms with Gasteiger partial charge in [-0.3, -0.25) is 9.78 Å². The number of carbonyl (C=O) groups excluding carboxylic acids is 2. The molecule has 0 bridgehead atoms. The van der Waals surface area contributed by atoms with Gasteiger partial charge in [-0.2, -0.15) is 0 Å². The minimum atomic E-state index is -0.683. The van der Waals surface area contributed by atoms with Crippen molar-refractivity contribution in [2.75, 3.05) is 5.73 Å². The predicted molar refractivity (Wildman–Crippen MR) is 95.8 cm³/mol. The van der Waals surface area contributed by atoms with Crippen molar-refractivity contribution >= 4 is 17.8 Å². The number of amides is 1. The molecule has 2 heterocycles. The Labute approximate surface area is 154 Å². The van der Waals surface area contributed by atoms with E-state index >= 15 is 0 Å². The zero-order valence-corrected chi connectivity index (χ0v) is 14.2. The van der Waals surface area contributed by atoms with Crippen LogP contribution in [0.15, 0.2) is 47.2 Å². The number of hydrogen-bond donors (Lipinski definition) is 2. The van der Waals surface area contributed by atoms with Crippen LogP contribution in [0.25, 0.3) is 11.3 Å². The van der Waals surface area contributed by atoms with E-state index in [1.54, 1.807) is 42.7 Å². The summed E-state index contributed by atoms with van der Waals surface area (Å²) >= 11 is 0. The average molecular weight is 364 g/mol. The SMILES string of the molecule is NC(=O)C1CCc2cc(OC(=O)c3c(-c4cccnc4)noc3N)ccc21. The Morgan fingerprint density at radius 2 is 2.11 bits per heavy atom. The maximum absolute atomic E-state index is 12.7. The molecule has 1 unspecified atom stereocenters. The van der Waals surface area contributed by atoms with Crippen molar-refractivity contribution in [3.8, 4) is 17.0 Å². The highest BCUT2D eigenvalue weighted by molar-refractivity contribution is 6.01. The molecule has 1 amide bonds. The Balaban J connectivity index is 1.61. The van der Waals surface area contributed by atoms with E-state index in [4.69, 9.17) is 20.7 Å². The number of fused-ring (bicyclic) bond motifs is 1. The van der Waals surface area contributed by atoms with Gasteiger partial charge in [-0.1, -0.05) is 11.2 Å². The molecule has 1 aliphatic rings. The lowest BCUT2D eigenvalue weighted by Crippen LogP contribution is -2.19. The molecule has 4 rings (SSSR count). The van der Waals surface area contributed by atoms with E-state index in [1.807, 2.05) is 0 Å². The fourth-order valence-electron chi connectivity index (χ4n) is 3.31. The quantitative estimate of drug-likeness (QED) is 0.534. The summed E-state index contributed by atoms with van der Waals surface area (Å²) in [5.41, 5.74) is 13.9. The largest absolute Gasteiger partial charge is 0.423 e. The highest BCUT2D eigenvalue weighted by Gasteiger charge is 2.28. The molecule has 3 aromatic rings. The third-order valence-corrected chi connectivity index (χ3v) is 4.60. The second-order valence-corrected chi connectivity index (χ2v) is 6.26. The zero-order valence-electron chi connectivity index (χ0n) is 14.2. The number of esters is 1. The maximum atomic E-state index is 12.7. The van der Waals surface area contributed by atoms with Gasteiger partial charge >= 0.3 is 5.97 Å². The summed E-state index contributed by atoms with van der Waals surface area (Å²) in [7, 11) is 0. The summed E-state index contributed by atoms with van der Waals surface area (Å²) in [6.45, 7) is 0. The Bertz CT molecular complexity index is 1030. The summed E-state index contributed by atoms with van der Waals surface area (Å²) < 4.78 is 10.4. The summed E-state index contributed by atoms with van der Waals surface area (Å²) in [6, 6.07) is 8.58. The van der Waals surface area contributed by atoms with E-state index in [1.165, 1.54) is 0 Å². The normalized spacial score (nSPS) is 15.3. The number of pyridine rings is 1. The van der Waals surface area contributed by atoms with E-state index in [0.29, 0.717) is 24.2 Å². The smallest absolute Gasteiger partial charge is 0.351 e. The van der Waals surface area contributed by atoms with Gasteiger partial charge in [0.25, 0.3) is 0 Å². The van der Waals surface area contributed by atoms with Crippen molar-refractivity contribution in [1.29, 1.82) is 0 Å². The van der Waals surface area contributed by atoms with E-state index < -0.39 is 5.97 Å². The molecule has 1 aromatic carbocycles. The van der Waals surface area contributed by atoms with Gasteiger partial charge in [0, 0.05) is 18.0 Å². The minimum absolute atomic E-state index is 0.0403. The van der Waals surface area contributed by atoms with Crippen LogP contribution in [0.5, 0.6) is 5.75 Å². The summed E-state index contributed by atoms with van der Waals surface area (Å²) in [5, 5.41) is 3.84. The van der Waals surface area contributed by atoms with Gasteiger partial charge in [-0.05, 0) is 48.2 Å². The number of nitrogens with zero attached hydrogens (tertiary/aromatic N) is 2. The standard InChI is InChI=1S/C19H16N4O4/c20-17(24)14-5-3-10-8-12(4-6-13(10)14)26-19(25)15-16(23-27-18(15)21)11-2-1-7-22-9-11/h1-2,4,6-9,14H,3,5,21H2,(H2,20,24). The number of benzene rings is 1. The van der Waals surface area contributed by atoms with Crippen LogP contribution in [0.4, 0.5) is 5.88 Å². The first kappa shape index (κ1) is 16.8. The monoisotopic (exact) mass is 364 g/mol. The molecule has 0 saturated carbocycles. The molecule has 2 aromatic heterocycles. The number of aryl methyl sites for hydroxylation is 1. The molecular weight excluding hydrogens is 348 g/mol. The fraction of sp³-hybridized carbons (Fsp3) is 0.158. The number of hydrogen-bond acceptors (Lipinski definition) is 7. The number of nitrogen functional groups attached to an aromatic ring is 1. The fourth-order valence-corrected chi connectivity index (χ4v) is 3.31. The second kappa shape index (κ2) is 6.56. The molecule has 0 fully saturated rings. The zero-order chi connectivity index (χ0) is 19.0. The van der Waals surface area contributed by atoms with Gasteiger partial charge in [0.15, 0.2) is 5.56 Å². The summed E-state index contributed by atoms with van der Waals surface area (Å²) in [5.74, 6) is -1.11. The van der Waals surface area contributed by atoms with Crippen LogP contribution in [0.1, 0.15) is 33.8 Å². The first-order chi connectivity index (χ1) is 13.0. The van der Waals surface area contributed by atoms with Crippen LogP contribution in [-0.2, 0) is 11.2 Å². The third kappa shape index (κ3) is 3.01. The Morgan fingerprint density at radius 3 is 2.85 bits per heavy atom. The van der Waals surface area contributed by atoms with Crippen molar-refractivity contribution in [2.45, 2.75) is 18.8 Å². The molecule has 4 N–H and O–H groups in total. The van der Waals surface area contributed by atoms with E-state index in [-0.39, 0.29) is 29.0 Å². The molecule has 0 saturated heterocycles. The van der Waals surface area contributed by atoms with Crippen LogP contribution < -0.4 is 16.2 Å². The summed E-state index contributed by atoms with van der Waals surface area (Å²) in [6.07, 6.45) is 4.51. The van der Waals surface area contributed by atoms with Crippen LogP contribution >= 0.6 is 0 Å². The number of ether oxygens (including phenoxy) is 1. The average Bonchev–Trinajstić information content (AvgIpc) is 3.25. The first-order valence-corrected chi connectivity index (χ1v) is 8.34. The van der Waals surface area contributed by atoms with E-state index in [9.17, 15) is 9.59 Å². The highest BCUT2D eigenvalue weighted by Crippen LogP contribution is 2.35. The van der Waals surface area contributed by atoms with E-state index in [2.05, 4.69) is 10.1 Å². The van der Waals surface area contributed by atoms with Crippen LogP contribution in [0.2, 0.25) is 0 Å². The Morgan fingerprint density at radius 1 is 1.26 bits per heavy atom. The van der Waals surface area contributed by atoms with Crippen molar-refractivity contribution in [1.82, 2.24) is 10.1 Å². The molecule has 0 radical (unpaired) electrons. The molecular formula is C19H16N4O4. The number of rotatable bonds is 4. The number of carbonyl (C=O) groups is 2. The van der Waals surface area contributed by atoms with Crippen molar-refractivity contribution < 1.29 is 18.8 Å². The Kier molecular flexibility index (Phi) is 4.08. The number of aromatic nitrogens is 2. The number of nitrogens with two attached hydrogens (primary N) is 2. The van der Waals surface area contributed by atoms with Gasteiger partial charge in [-0.25, -0.2) is 4.79 Å². The molecule has 0 aliphatic heterocycles. The molecule has 8 nitrogen and oxygen atoms in total. The molecule has 0 spiro atoms. The third-order valence-electron chi connectivity index (χ3n) is 4.60. The van der Waals surface area contributed by atoms with Crippen molar-refractivity contribution in [3.63, 3.8) is 0 Å². The lowest BCUT2D eigenvalue weighted by molar-refractivity contribution is -0.119. The lowest BCUT2D eigenvalue weighted by Gasteiger charge is -2.09. The molecule has 1 aliphatic carbocycles. The van der Waals surface area contributed by atoms with E-state index in [0.717, 1.165) is 11.1 Å². The Hall–Kier alpha value is -3.68. The van der Waals surface area contributed by atoms with Crippen molar-refractivity contribution in [2.24, 2.45) is 5.73 Å². The van der Waals surface area contributed by atoms with Gasteiger partial charge in [0.2, 0.25) is 11.8 Å². The predicted octanol–water partition coefficient (Wildman–Crippen LogP) is 2.05. The lowest BCUT2D eigenvalue weighted by atomic mass is 10.0. The molecule has 136 valence electrons. The van der Waals surface area contributed by atoms with Crippen LogP contribution in [0.3, 0.4) is 0 Å². The topological polar surface area (TPSA) is 134 Å². The molecule has 27 heavy (non-hydrogen) atoms. The first-order valence-electron chi connectivity index (χ1n) is 8.34. The van der Waals surface area contributed by atoms with Crippen LogP contribution in [-0.4, -0.2) is 22.0 Å². The van der Waals surface area contributed by atoms with Gasteiger partial charge < -0.3 is 20.7 Å². The number of primary amides is 1. The molecule has 1 atom stereocenters. The van der Waals surface area contributed by atoms with Crippen molar-refractivity contribution in [3.05, 3.63) is 59.4 Å². The summed E-state index contributed by atoms with van der Waals surface area (Å²) in [4.78, 5) is 28.2. The maximum Gasteiger partial charge on any atom is 0.351 e.